The molecule has 0 saturated heterocycles. The molecule has 0 bridgehead atoms. The highest BCUT2D eigenvalue weighted by Crippen LogP contribution is 2.17. The van der Waals surface area contributed by atoms with Crippen molar-refractivity contribution in [3.05, 3.63) is 0 Å². The minimum absolute atomic E-state index is 0.106. The van der Waals surface area contributed by atoms with Gasteiger partial charge in [0.1, 0.15) is 6.10 Å². The van der Waals surface area contributed by atoms with Crippen LogP contribution in [0.5, 0.6) is 0 Å². The minimum Gasteiger partial charge on any atom is -0.466 e. The number of rotatable bonds is 38. The summed E-state index contributed by atoms with van der Waals surface area (Å²) in [5.41, 5.74) is 0. The van der Waals surface area contributed by atoms with Crippen LogP contribution in [0.25, 0.3) is 0 Å². The number of carbonyl (C=O) groups is 4. The average Bonchev–Trinajstić information content (AvgIpc) is 3.08. The molecule has 7 nitrogen and oxygen atoms in total. The van der Waals surface area contributed by atoms with Gasteiger partial charge in [-0.3, -0.25) is 19.2 Å². The number of esters is 2. The Morgan fingerprint density at radius 2 is 0.900 bits per heavy atom. The zero-order valence-corrected chi connectivity index (χ0v) is 34.0. The normalized spacial score (nSPS) is 12.4. The van der Waals surface area contributed by atoms with Crippen LogP contribution in [0, 0.1) is 0 Å². The van der Waals surface area contributed by atoms with Crippen molar-refractivity contribution in [2.24, 2.45) is 0 Å². The van der Waals surface area contributed by atoms with Crippen LogP contribution in [0.3, 0.4) is 0 Å². The molecule has 0 fully saturated rings. The first-order valence-electron chi connectivity index (χ1n) is 21.0. The molecule has 0 aromatic heterocycles. The maximum absolute atomic E-state index is 12.7. The van der Waals surface area contributed by atoms with Gasteiger partial charge < -0.3 is 14.8 Å². The third-order valence-corrected chi connectivity index (χ3v) is 10.6. The highest BCUT2D eigenvalue weighted by atomic mass is 32.2. The number of ketones is 1. The quantitative estimate of drug-likeness (QED) is 0.0499. The third kappa shape index (κ3) is 34.9. The molecule has 2 atom stereocenters. The third-order valence-electron chi connectivity index (χ3n) is 9.43. The molecule has 0 spiro atoms. The van der Waals surface area contributed by atoms with Gasteiger partial charge in [-0.15, -0.1) is 0 Å². The molecule has 0 rings (SSSR count). The highest BCUT2D eigenvalue weighted by Gasteiger charge is 2.19. The molecule has 0 aliphatic carbocycles. The van der Waals surface area contributed by atoms with Crippen LogP contribution in [0.1, 0.15) is 214 Å². The zero-order valence-electron chi connectivity index (χ0n) is 33.1. The van der Waals surface area contributed by atoms with E-state index >= 15 is 0 Å². The number of hydrogen-bond donors (Lipinski definition) is 1. The van der Waals surface area contributed by atoms with Gasteiger partial charge in [-0.25, -0.2) is 0 Å². The van der Waals surface area contributed by atoms with Crippen LogP contribution in [0.15, 0.2) is 0 Å². The zero-order chi connectivity index (χ0) is 36.9. The van der Waals surface area contributed by atoms with Crippen LogP contribution in [0.4, 0.5) is 0 Å². The lowest BCUT2D eigenvalue weighted by Crippen LogP contribution is -2.40. The van der Waals surface area contributed by atoms with Gasteiger partial charge >= 0.3 is 11.9 Å². The molecule has 0 heterocycles. The number of amides is 1. The first kappa shape index (κ1) is 48.4. The maximum atomic E-state index is 12.7. The van der Waals surface area contributed by atoms with Crippen molar-refractivity contribution in [3.8, 4) is 0 Å². The summed E-state index contributed by atoms with van der Waals surface area (Å²) in [7, 11) is 0. The fourth-order valence-electron chi connectivity index (χ4n) is 6.20. The second kappa shape index (κ2) is 37.2. The fraction of sp³-hybridized carbons (Fsp3) is 0.905. The molecule has 0 aliphatic rings. The predicted octanol–water partition coefficient (Wildman–Crippen LogP) is 11.6. The van der Waals surface area contributed by atoms with Crippen molar-refractivity contribution >= 4 is 35.4 Å². The van der Waals surface area contributed by atoms with Gasteiger partial charge in [0, 0.05) is 37.7 Å². The Hall–Kier alpha value is -1.57. The van der Waals surface area contributed by atoms with E-state index in [2.05, 4.69) is 19.2 Å². The monoisotopic (exact) mass is 726 g/mol. The van der Waals surface area contributed by atoms with Gasteiger partial charge in [0.25, 0.3) is 0 Å². The van der Waals surface area contributed by atoms with E-state index in [9.17, 15) is 19.2 Å². The lowest BCUT2D eigenvalue weighted by Gasteiger charge is -2.20. The van der Waals surface area contributed by atoms with Crippen molar-refractivity contribution in [1.82, 2.24) is 5.32 Å². The predicted molar refractivity (Wildman–Crippen MR) is 212 cm³/mol. The smallest absolute Gasteiger partial charge is 0.306 e. The second-order valence-electron chi connectivity index (χ2n) is 14.5. The van der Waals surface area contributed by atoms with E-state index in [4.69, 9.17) is 9.47 Å². The first-order valence-corrected chi connectivity index (χ1v) is 22.2. The Bertz CT molecular complexity index is 822. The number of thioether (sulfide) groups is 1. The minimum atomic E-state index is -0.571. The second-order valence-corrected chi connectivity index (χ2v) is 15.6. The van der Waals surface area contributed by atoms with Crippen molar-refractivity contribution in [2.45, 2.75) is 226 Å². The lowest BCUT2D eigenvalue weighted by atomic mass is 10.0. The molecule has 0 radical (unpaired) electrons. The lowest BCUT2D eigenvalue weighted by molar-refractivity contribution is -0.150. The Kier molecular flexibility index (Phi) is 36.0. The largest absolute Gasteiger partial charge is 0.466 e. The van der Waals surface area contributed by atoms with Crippen molar-refractivity contribution in [2.75, 3.05) is 18.1 Å². The van der Waals surface area contributed by atoms with Crippen LogP contribution >= 0.6 is 11.8 Å². The summed E-state index contributed by atoms with van der Waals surface area (Å²) in [6.45, 7) is 7.58. The Balaban J connectivity index is 4.27. The van der Waals surface area contributed by atoms with E-state index in [1.807, 2.05) is 0 Å². The standard InChI is InChI=1S/C42H79NO6S/c1-5-7-9-11-13-15-17-19-21-23-25-27-29-31-41(46)48-34-33-39(35-50-36-40(37(3)44)43-38(4)45)49-42(47)32-30-28-26-24-22-20-18-16-14-12-10-8-6-2/h39-40H,5-36H2,1-4H3,(H,43,45)/t39-,40-/m0/s1. The number of Topliss-reactive ketones (excluding diaryl/α,β-unsaturated/α-hetero) is 1. The SMILES string of the molecule is CCCCCCCCCCCCCCCC(=O)OCC[C@@H](CSC[C@H](NC(C)=O)C(C)=O)OC(=O)CCCCCCCCCCCCCCC. The molecule has 8 heteroatoms. The molecule has 1 N–H and O–H groups in total. The Morgan fingerprint density at radius 1 is 0.520 bits per heavy atom. The summed E-state index contributed by atoms with van der Waals surface area (Å²) in [5, 5.41) is 2.68. The molecule has 1 amide bonds. The number of unbranched alkanes of at least 4 members (excludes halogenated alkanes) is 24. The summed E-state index contributed by atoms with van der Waals surface area (Å²) >= 11 is 1.47. The number of carbonyl (C=O) groups excluding carboxylic acids is 4. The molecule has 0 aromatic rings. The van der Waals surface area contributed by atoms with E-state index in [1.165, 1.54) is 154 Å². The molecule has 0 aromatic carbocycles. The van der Waals surface area contributed by atoms with Crippen LogP contribution in [0.2, 0.25) is 0 Å². The highest BCUT2D eigenvalue weighted by molar-refractivity contribution is 7.99. The molecular weight excluding hydrogens is 647 g/mol. The maximum Gasteiger partial charge on any atom is 0.306 e. The Labute approximate surface area is 312 Å². The van der Waals surface area contributed by atoms with Gasteiger partial charge in [-0.2, -0.15) is 11.8 Å². The number of ether oxygens (including phenoxy) is 2. The van der Waals surface area contributed by atoms with Crippen LogP contribution in [-0.4, -0.2) is 53.9 Å². The van der Waals surface area contributed by atoms with E-state index in [1.54, 1.807) is 0 Å². The topological polar surface area (TPSA) is 98.8 Å². The summed E-state index contributed by atoms with van der Waals surface area (Å²) in [4.78, 5) is 48.5. The molecule has 50 heavy (non-hydrogen) atoms. The van der Waals surface area contributed by atoms with E-state index < -0.39 is 12.1 Å². The van der Waals surface area contributed by atoms with Gasteiger partial charge in [0.2, 0.25) is 5.91 Å². The first-order chi connectivity index (χ1) is 24.3. The van der Waals surface area contributed by atoms with Crippen molar-refractivity contribution in [1.29, 1.82) is 0 Å². The van der Waals surface area contributed by atoms with E-state index in [-0.39, 0.29) is 30.2 Å². The molecule has 0 aliphatic heterocycles. The van der Waals surface area contributed by atoms with Crippen LogP contribution in [-0.2, 0) is 28.7 Å². The summed E-state index contributed by atoms with van der Waals surface area (Å²) in [6, 6.07) is -0.571. The molecule has 294 valence electrons. The van der Waals surface area contributed by atoms with Gasteiger partial charge in [-0.05, 0) is 19.8 Å². The number of hydrogen-bond acceptors (Lipinski definition) is 7. The summed E-state index contributed by atoms with van der Waals surface area (Å²) in [5.74, 6) is 0.111. The van der Waals surface area contributed by atoms with Gasteiger partial charge in [0.05, 0.1) is 12.6 Å². The molecule has 0 unspecified atom stereocenters. The average molecular weight is 726 g/mol. The fourth-order valence-corrected chi connectivity index (χ4v) is 7.38. The van der Waals surface area contributed by atoms with Crippen molar-refractivity contribution < 1.29 is 28.7 Å². The summed E-state index contributed by atoms with van der Waals surface area (Å²) in [6.07, 6.45) is 33.6. The summed E-state index contributed by atoms with van der Waals surface area (Å²) < 4.78 is 11.3. The van der Waals surface area contributed by atoms with Gasteiger partial charge in [-0.1, -0.05) is 168 Å². The number of nitrogens with one attached hydrogen (secondary N) is 1. The van der Waals surface area contributed by atoms with Gasteiger partial charge in [0.15, 0.2) is 5.78 Å². The van der Waals surface area contributed by atoms with Crippen LogP contribution < -0.4 is 5.32 Å². The molecule has 0 saturated carbocycles. The van der Waals surface area contributed by atoms with E-state index in [0.717, 1.165) is 38.5 Å². The Morgan fingerprint density at radius 3 is 1.28 bits per heavy atom. The van der Waals surface area contributed by atoms with Crippen molar-refractivity contribution in [3.63, 3.8) is 0 Å². The van der Waals surface area contributed by atoms with E-state index in [0.29, 0.717) is 30.8 Å². The molecular formula is C42H79NO6S.